The maximum atomic E-state index is 8.89. The molecule has 0 aliphatic carbocycles. The monoisotopic (exact) mass is 602 g/mol. The van der Waals surface area contributed by atoms with Gasteiger partial charge in [-0.2, -0.15) is 0 Å². The second-order valence-corrected chi connectivity index (χ2v) is 4.39. The molecule has 4 N–H and O–H groups in total. The number of carbonyl (C=O) groups is 1. The minimum Gasteiger partial charge on any atom is -0.772 e. The molecule has 0 saturated carbocycles. The van der Waals surface area contributed by atoms with E-state index >= 15 is 0 Å². The van der Waals surface area contributed by atoms with Gasteiger partial charge in [0.15, 0.2) is 0 Å². The third-order valence-electron chi connectivity index (χ3n) is 0. The smallest absolute Gasteiger partial charge is 0.772 e. The van der Waals surface area contributed by atoms with Gasteiger partial charge in [0.1, 0.15) is 0 Å². The van der Waals surface area contributed by atoms with Gasteiger partial charge in [-0.25, -0.2) is 0 Å². The van der Waals surface area contributed by atoms with Crippen LogP contribution in [0.3, 0.4) is 0 Å². The van der Waals surface area contributed by atoms with Crippen molar-refractivity contribution >= 4 is 45.9 Å². The Morgan fingerprint density at radius 1 is 0.655 bits per heavy atom. The summed E-state index contributed by atoms with van der Waals surface area (Å²) in [7, 11) is -16.6. The van der Waals surface area contributed by atoms with Crippen molar-refractivity contribution in [1.29, 1.82) is 0 Å². The zero-order valence-corrected chi connectivity index (χ0v) is 30.4. The van der Waals surface area contributed by atoms with Crippen molar-refractivity contribution in [2.24, 2.45) is 0 Å². The molecule has 0 aliphatic heterocycles. The Balaban J connectivity index is -0.0000000118. The Hall–Kier alpha value is 4.61. The Bertz CT molecular complexity index is 497. The average molecular weight is 602 g/mol. The fourth-order valence-corrected chi connectivity index (χ4v) is 0. The third kappa shape index (κ3) is 1440. The molecular weight excluding hydrogens is 595 g/mol. The fourth-order valence-electron chi connectivity index (χ4n) is 0. The maximum Gasteiger partial charge on any atom is 2.00 e. The van der Waals surface area contributed by atoms with E-state index in [0.717, 1.165) is 6.92 Å². The van der Waals surface area contributed by atoms with Crippen molar-refractivity contribution in [2.75, 3.05) is 0 Å². The summed E-state index contributed by atoms with van der Waals surface area (Å²) in [4.78, 5) is 17.2. The first-order valence-corrected chi connectivity index (χ1v) is 8.00. The van der Waals surface area contributed by atoms with Gasteiger partial charge in [-0.05, 0) is 6.92 Å². The predicted molar refractivity (Wildman–Crippen MR) is 55.7 cm³/mol. The summed E-state index contributed by atoms with van der Waals surface area (Å²) in [6, 6.07) is 0. The van der Waals surface area contributed by atoms with E-state index in [-0.39, 0.29) is 171 Å². The summed E-state index contributed by atoms with van der Waals surface area (Å²) < 4.78 is 111. The summed E-state index contributed by atoms with van der Waals surface area (Å²) in [5.41, 5.74) is 0. The van der Waals surface area contributed by atoms with Gasteiger partial charge in [0.05, 0.1) is 8.69 Å². The summed E-state index contributed by atoms with van der Waals surface area (Å²) >= 11 is 0. The molecule has 153 valence electrons. The molecule has 0 unspecified atom stereocenters. The van der Waals surface area contributed by atoms with Crippen LogP contribution in [0.15, 0.2) is 0 Å². The number of carboxylic acids is 1. The maximum absolute atomic E-state index is 8.89. The number of rotatable bonds is 0. The molecule has 0 atom stereocenters. The van der Waals surface area contributed by atoms with Crippen LogP contribution >= 0.6 is 8.69 Å². The molecule has 17 nitrogen and oxygen atoms in total. The molecule has 0 aliphatic rings. The first kappa shape index (κ1) is 76.5. The summed E-state index contributed by atoms with van der Waals surface area (Å²) in [5, 5.41) is 8.89. The quantitative estimate of drug-likeness (QED) is 0.116. The number of aliphatic carboxylic acids is 1. The molecule has 0 amide bonds. The molecule has 0 spiro atoms. The minimum atomic E-state index is -5.17. The van der Waals surface area contributed by atoms with Crippen molar-refractivity contribution in [2.45, 2.75) is 6.92 Å². The van der Waals surface area contributed by atoms with E-state index in [2.05, 4.69) is 0 Å². The Labute approximate surface area is 290 Å². The van der Waals surface area contributed by atoms with Crippen LogP contribution in [0.1, 0.15) is 6.92 Å². The normalized spacial score (nSPS) is 7.59. The minimum absolute atomic E-state index is 0. The number of carboxylic acid groups (broad SMARTS) is 1. The first-order chi connectivity index (χ1) is 9.15. The Kier molecular flexibility index (Phi) is 121. The zero-order valence-electron chi connectivity index (χ0n) is 16.0. The summed E-state index contributed by atoms with van der Waals surface area (Å²) in [6.45, 7) is 0.972. The number of carbonyl (C=O) groups excluding carboxylic acids is 1. The van der Waals surface area contributed by atoms with Crippen LogP contribution in [-0.4, -0.2) is 58.5 Å². The van der Waals surface area contributed by atoms with E-state index in [4.69, 9.17) is 71.9 Å². The van der Waals surface area contributed by atoms with Gasteiger partial charge < -0.3 is 48.3 Å². The van der Waals surface area contributed by atoms with Gasteiger partial charge >= 0.3 is 165 Å². The van der Waals surface area contributed by atoms with Crippen LogP contribution in [0.5, 0.6) is 0 Å². The van der Waals surface area contributed by atoms with Gasteiger partial charge in [-0.1, -0.05) is 0 Å². The van der Waals surface area contributed by atoms with Crippen molar-refractivity contribution in [3.8, 4) is 0 Å². The van der Waals surface area contributed by atoms with Crippen LogP contribution in [-0.2, 0) is 57.3 Å². The van der Waals surface area contributed by atoms with E-state index in [1.165, 1.54) is 0 Å². The zero-order chi connectivity index (χ0) is 19.8. The Morgan fingerprint density at radius 2 is 0.655 bits per heavy atom. The van der Waals surface area contributed by atoms with Crippen LogP contribution in [0.2, 0.25) is 0 Å². The van der Waals surface area contributed by atoms with Crippen LogP contribution < -0.4 is 164 Å². The molecule has 0 aromatic rings. The second kappa shape index (κ2) is 46.0. The van der Waals surface area contributed by atoms with Crippen molar-refractivity contribution in [1.82, 2.24) is 6.15 Å². The topological polar surface area (TPSA) is 358 Å². The van der Waals surface area contributed by atoms with Gasteiger partial charge in [-0.3, -0.25) is 29.8 Å². The van der Waals surface area contributed by atoms with Crippen LogP contribution in [0.25, 0.3) is 0 Å². The molecular formula is C2H7CoNNa5O16PS3. The largest absolute Gasteiger partial charge is 2.00 e. The van der Waals surface area contributed by atoms with Crippen molar-refractivity contribution in [3.05, 3.63) is 0 Å². The van der Waals surface area contributed by atoms with E-state index < -0.39 is 45.9 Å². The van der Waals surface area contributed by atoms with E-state index in [0.29, 0.717) is 0 Å². The van der Waals surface area contributed by atoms with Crippen molar-refractivity contribution in [3.63, 3.8) is 0 Å². The molecule has 0 bridgehead atoms. The summed E-state index contributed by atoms with van der Waals surface area (Å²) in [6.07, 6.45) is 0. The van der Waals surface area contributed by atoms with E-state index in [9.17, 15) is 0 Å². The predicted octanol–water partition coefficient (Wildman–Crippen LogP) is -20.3. The molecule has 27 heteroatoms. The number of hydrogen-bond donors (Lipinski definition) is 1. The summed E-state index contributed by atoms with van der Waals surface area (Å²) in [5.74, 6) is -1.08. The average Bonchev–Trinajstić information content (AvgIpc) is 1.89. The molecule has 1 radical (unpaired) electrons. The van der Waals surface area contributed by atoms with Crippen LogP contribution in [0, 0.1) is 0 Å². The van der Waals surface area contributed by atoms with E-state index in [1.807, 2.05) is 0 Å². The van der Waals surface area contributed by atoms with Gasteiger partial charge in [0.25, 0.3) is 0 Å². The molecule has 0 aromatic carbocycles. The fraction of sp³-hybridized carbons (Fsp3) is 0.500. The van der Waals surface area contributed by atoms with Crippen molar-refractivity contribution < 1.29 is 236 Å². The standard InChI is InChI=1S/C2H4O2.Co.H3N.5Na.3H2O4S.HO2P/c1-2(3)4;;;;;;;;3*1-5(2,3)4;1-3-2/h1H3,(H,3,4);;1H3;;;;;;3*(H2,1,2,3,4);(H,1,2)/q;+2;;5*+1;;;;/p-7. The van der Waals surface area contributed by atoms with Gasteiger partial charge in [0.2, 0.25) is 0 Å². The molecule has 0 fully saturated rings. The number of quaternary nitrogens is 1. The molecule has 29 heavy (non-hydrogen) atoms. The first-order valence-electron chi connectivity index (χ1n) is 3.27. The third-order valence-corrected chi connectivity index (χ3v) is 0. The molecule has 0 saturated heterocycles. The Morgan fingerprint density at radius 3 is 0.655 bits per heavy atom. The molecule has 0 heterocycles. The SMILES string of the molecule is CC(=O)[O-].O=P[O-].O=S(=O)([O-])[O-].O=S(=O)([O-])[O-].O=S(=O)([O-])[O-].[Co+2].[NH4+].[Na+].[Na+].[Na+].[Na+].[Na+]. The van der Waals surface area contributed by atoms with E-state index in [1.54, 1.807) is 0 Å². The van der Waals surface area contributed by atoms with Crippen LogP contribution in [0.4, 0.5) is 0 Å². The molecule has 0 aromatic heterocycles. The number of hydrogen-bond acceptors (Lipinski definition) is 16. The molecule has 0 rings (SSSR count). The van der Waals surface area contributed by atoms with Gasteiger partial charge in [-0.15, -0.1) is 0 Å². The van der Waals surface area contributed by atoms with Gasteiger partial charge in [0, 0.05) is 37.2 Å². The second-order valence-electron chi connectivity index (χ2n) is 1.79.